The van der Waals surface area contributed by atoms with Gasteiger partial charge in [-0.05, 0) is 145 Å². The molecular formula is C62H93NO7Si3. The fraction of sp³-hybridized carbons (Fsp3) is 0.565. The number of hydrogen-bond donors (Lipinski definition) is 0. The number of aryl methyl sites for hydroxylation is 1. The summed E-state index contributed by atoms with van der Waals surface area (Å²) in [6.07, 6.45) is 17.2. The molecule has 1 saturated carbocycles. The number of allylic oxidation sites excluding steroid dienone is 2. The van der Waals surface area contributed by atoms with Crippen LogP contribution in [0.2, 0.25) is 54.4 Å². The van der Waals surface area contributed by atoms with Crippen LogP contribution in [-0.2, 0) is 40.6 Å². The summed E-state index contributed by atoms with van der Waals surface area (Å²) in [5, 5.41) is 2.29. The van der Waals surface area contributed by atoms with Crippen LogP contribution in [0.25, 0.3) is 10.8 Å². The van der Waals surface area contributed by atoms with Crippen molar-refractivity contribution in [1.29, 1.82) is 0 Å². The first-order valence-electron chi connectivity index (χ1n) is 27.2. The molecule has 1 fully saturated rings. The average molecular weight is 1050 g/mol. The smallest absolute Gasteiger partial charge is 0.306 e. The van der Waals surface area contributed by atoms with Crippen LogP contribution in [0, 0.1) is 18.8 Å². The van der Waals surface area contributed by atoms with Crippen LogP contribution in [0.1, 0.15) is 136 Å². The van der Waals surface area contributed by atoms with Crippen LogP contribution >= 0.6 is 0 Å². The number of aromatic nitrogens is 1. The number of carbonyl (C=O) groups excluding carboxylic acids is 2. The maximum atomic E-state index is 13.5. The summed E-state index contributed by atoms with van der Waals surface area (Å²) < 4.78 is 34.2. The lowest BCUT2D eigenvalue weighted by Crippen LogP contribution is -2.45. The first-order valence-corrected chi connectivity index (χ1v) is 35.9. The zero-order valence-electron chi connectivity index (χ0n) is 48.0. The highest BCUT2D eigenvalue weighted by molar-refractivity contribution is 6.75. The fourth-order valence-electron chi connectivity index (χ4n) is 8.89. The molecule has 0 spiro atoms. The van der Waals surface area contributed by atoms with Crippen molar-refractivity contribution in [2.45, 2.75) is 206 Å². The number of unbranched alkanes of at least 4 members (excludes halogenated alkanes) is 1. The second-order valence-electron chi connectivity index (χ2n) is 25.4. The normalized spacial score (nSPS) is 19.2. The lowest BCUT2D eigenvalue weighted by Gasteiger charge is -2.40. The van der Waals surface area contributed by atoms with Crippen LogP contribution in [-0.4, -0.2) is 66.6 Å². The van der Waals surface area contributed by atoms with Gasteiger partial charge in [0.05, 0.1) is 18.3 Å². The lowest BCUT2D eigenvalue weighted by atomic mass is 9.88. The van der Waals surface area contributed by atoms with E-state index in [0.29, 0.717) is 32.3 Å². The molecule has 6 atom stereocenters. The highest BCUT2D eigenvalue weighted by Crippen LogP contribution is 2.48. The van der Waals surface area contributed by atoms with Gasteiger partial charge in [-0.25, -0.2) is 0 Å². The van der Waals surface area contributed by atoms with Crippen LogP contribution in [0.3, 0.4) is 0 Å². The lowest BCUT2D eigenvalue weighted by molar-refractivity contribution is -0.145. The van der Waals surface area contributed by atoms with Gasteiger partial charge in [0, 0.05) is 42.5 Å². The largest absolute Gasteiger partial charge is 0.491 e. The molecule has 0 bridgehead atoms. The third-order valence-electron chi connectivity index (χ3n) is 16.6. The van der Waals surface area contributed by atoms with E-state index in [4.69, 9.17) is 22.8 Å². The minimum atomic E-state index is -2.18. The molecule has 0 amide bonds. The van der Waals surface area contributed by atoms with E-state index < -0.39 is 25.0 Å². The highest BCUT2D eigenvalue weighted by atomic mass is 28.4. The molecule has 1 heterocycles. The minimum Gasteiger partial charge on any atom is -0.491 e. The van der Waals surface area contributed by atoms with Crippen molar-refractivity contribution in [2.24, 2.45) is 11.8 Å². The molecule has 8 nitrogen and oxygen atoms in total. The zero-order chi connectivity index (χ0) is 54.0. The van der Waals surface area contributed by atoms with Crippen molar-refractivity contribution >= 4 is 47.5 Å². The van der Waals surface area contributed by atoms with E-state index in [1.807, 2.05) is 60.8 Å². The second kappa shape index (κ2) is 25.2. The number of pyridine rings is 1. The first-order chi connectivity index (χ1) is 34.0. The number of fused-ring (bicyclic) bond motifs is 1. The molecule has 1 aromatic heterocycles. The monoisotopic (exact) mass is 1050 g/mol. The van der Waals surface area contributed by atoms with Crippen molar-refractivity contribution in [1.82, 2.24) is 4.98 Å². The summed E-state index contributed by atoms with van der Waals surface area (Å²) in [7, 11) is -6.51. The third-order valence-corrected chi connectivity index (χ3v) is 30.1. The van der Waals surface area contributed by atoms with Crippen molar-refractivity contribution in [3.63, 3.8) is 0 Å². The maximum absolute atomic E-state index is 13.5. The number of hydrogen-bond acceptors (Lipinski definition) is 8. The topological polar surface area (TPSA) is 93.2 Å². The number of Topliss-reactive ketones (excluding diaryl/α,β-unsaturated/α-hetero) is 1. The van der Waals surface area contributed by atoms with Crippen molar-refractivity contribution in [3.05, 3.63) is 132 Å². The summed E-state index contributed by atoms with van der Waals surface area (Å²) in [6, 6.07) is 24.3. The Labute approximate surface area is 444 Å². The van der Waals surface area contributed by atoms with Gasteiger partial charge in [0.1, 0.15) is 24.7 Å². The Kier molecular flexibility index (Phi) is 20.7. The molecule has 2 unspecified atom stereocenters. The Balaban J connectivity index is 1.26. The molecule has 400 valence electrons. The Morgan fingerprint density at radius 3 is 2.03 bits per heavy atom. The zero-order valence-corrected chi connectivity index (χ0v) is 51.0. The Morgan fingerprint density at radius 1 is 0.753 bits per heavy atom. The Morgan fingerprint density at radius 2 is 1.40 bits per heavy atom. The molecule has 1 aliphatic rings. The molecule has 11 heteroatoms. The number of esters is 1. The van der Waals surface area contributed by atoms with Crippen LogP contribution < -0.4 is 4.74 Å². The van der Waals surface area contributed by atoms with Crippen LogP contribution in [0.15, 0.2) is 109 Å². The number of nitrogens with zero attached hydrogens (tertiary/aromatic N) is 1. The van der Waals surface area contributed by atoms with E-state index >= 15 is 0 Å². The molecule has 0 radical (unpaired) electrons. The van der Waals surface area contributed by atoms with Crippen molar-refractivity contribution in [3.8, 4) is 5.75 Å². The number of carbonyl (C=O) groups is 2. The van der Waals surface area contributed by atoms with Gasteiger partial charge in [-0.3, -0.25) is 14.6 Å². The molecule has 73 heavy (non-hydrogen) atoms. The van der Waals surface area contributed by atoms with Crippen molar-refractivity contribution < 1.29 is 32.3 Å². The summed E-state index contributed by atoms with van der Waals surface area (Å²) in [6.45, 7) is 39.7. The maximum Gasteiger partial charge on any atom is 0.306 e. The van der Waals surface area contributed by atoms with E-state index in [1.165, 1.54) is 0 Å². The van der Waals surface area contributed by atoms with E-state index in [-0.39, 0.29) is 69.5 Å². The molecule has 4 aromatic rings. The molecule has 3 aromatic carbocycles. The molecular weight excluding hydrogens is 955 g/mol. The first kappa shape index (κ1) is 59.9. The van der Waals surface area contributed by atoms with Gasteiger partial charge in [0.2, 0.25) is 0 Å². The number of ether oxygens (including phenoxy) is 2. The fourth-order valence-corrected chi connectivity index (χ4v) is 12.9. The van der Waals surface area contributed by atoms with Gasteiger partial charge in [-0.2, -0.15) is 0 Å². The van der Waals surface area contributed by atoms with Gasteiger partial charge in [0.25, 0.3) is 0 Å². The van der Waals surface area contributed by atoms with Crippen molar-refractivity contribution in [2.75, 3.05) is 6.61 Å². The van der Waals surface area contributed by atoms with Crippen LogP contribution in [0.4, 0.5) is 0 Å². The van der Waals surface area contributed by atoms with Gasteiger partial charge in [-0.15, -0.1) is 0 Å². The van der Waals surface area contributed by atoms with E-state index in [1.54, 1.807) is 6.20 Å². The van der Waals surface area contributed by atoms with Crippen LogP contribution in [0.5, 0.6) is 5.75 Å². The Hall–Kier alpha value is -3.98. The number of ketones is 1. The minimum absolute atomic E-state index is 0.00242. The number of rotatable bonds is 24. The van der Waals surface area contributed by atoms with E-state index in [2.05, 4.69) is 163 Å². The second-order valence-corrected chi connectivity index (χ2v) is 39.7. The predicted molar refractivity (Wildman–Crippen MR) is 311 cm³/mol. The van der Waals surface area contributed by atoms with Gasteiger partial charge < -0.3 is 22.8 Å². The summed E-state index contributed by atoms with van der Waals surface area (Å²) in [4.78, 5) is 30.7. The third kappa shape index (κ3) is 17.0. The molecule has 0 saturated heterocycles. The summed E-state index contributed by atoms with van der Waals surface area (Å²) in [5.41, 5.74) is 4.06. The average Bonchev–Trinajstić information content (AvgIpc) is 3.60. The number of benzene rings is 3. The van der Waals surface area contributed by atoms with E-state index in [9.17, 15) is 9.59 Å². The van der Waals surface area contributed by atoms with Gasteiger partial charge in [0.15, 0.2) is 25.0 Å². The summed E-state index contributed by atoms with van der Waals surface area (Å²) >= 11 is 0. The molecule has 5 rings (SSSR count). The van der Waals surface area contributed by atoms with Gasteiger partial charge in [-0.1, -0.05) is 148 Å². The Bertz CT molecular complexity index is 2480. The van der Waals surface area contributed by atoms with E-state index in [0.717, 1.165) is 58.0 Å². The highest BCUT2D eigenvalue weighted by Gasteiger charge is 2.50. The summed E-state index contributed by atoms with van der Waals surface area (Å²) in [5.74, 6) is 0.927. The standard InChI is InChI=1S/C62H93NO7Si3/c1-18-53(56(64)40-47-30-33-50-42-63-37-36-49(50)39-47)48-31-28-46(29-32-48)43-67-59(65)27-22-20-19-21-26-54-55(58(70-73(16,17)62(9,10)11)41-57(54)69-72(14,15)61(6,7)8)35-34-52(68-71(12,13)60(3,4)5)44-66-51-25-23-24-45(2)38-51/h19,21,23-25,28-39,42,52-55,57-58H,18,20,22,26-27,40-41,43-44H2,1-17H3/b21-19-,35-34+/t52-,53?,54?,55-,57+,58-/m1/s1. The molecule has 1 aliphatic carbocycles. The van der Waals surface area contributed by atoms with Gasteiger partial charge >= 0.3 is 5.97 Å². The molecule has 0 aliphatic heterocycles. The molecule has 0 N–H and O–H groups in total. The predicted octanol–water partition coefficient (Wildman–Crippen LogP) is 16.5. The SMILES string of the molecule is CCC(C(=O)Cc1ccc2cnccc2c1)c1ccc(COC(=O)CCC/C=C\CC2[C@@H](O[Si](C)(C)C(C)(C)C)C[C@@H](O[Si](C)(C)C(C)(C)C)[C@@H]2/C=C/[C@H](COc2cccc(C)c2)O[Si](C)(C)C(C)(C)C)cc1. The quantitative estimate of drug-likeness (QED) is 0.0297.